The summed E-state index contributed by atoms with van der Waals surface area (Å²) in [5, 5.41) is 0. The zero-order valence-electron chi connectivity index (χ0n) is 14.9. The zero-order valence-corrected chi connectivity index (χ0v) is 14.9. The summed E-state index contributed by atoms with van der Waals surface area (Å²) in [4.78, 5) is 24.1. The molecule has 0 aromatic rings. The van der Waals surface area contributed by atoms with Gasteiger partial charge in [0.05, 0.1) is 11.8 Å². The maximum absolute atomic E-state index is 12.0. The van der Waals surface area contributed by atoms with Gasteiger partial charge in [-0.15, -0.1) is 0 Å². The molecule has 0 aliphatic rings. The minimum absolute atomic E-state index is 0.0555. The van der Waals surface area contributed by atoms with Gasteiger partial charge in [-0.05, 0) is 25.7 Å². The Kier molecular flexibility index (Phi) is 11.9. The predicted octanol–water partition coefficient (Wildman–Crippen LogP) is 5.01. The molecule has 4 heteroatoms. The van der Waals surface area contributed by atoms with Gasteiger partial charge >= 0.3 is 18.2 Å². The summed E-state index contributed by atoms with van der Waals surface area (Å²) in [6.45, 7) is 9.67. The average molecular weight is 313 g/mol. The monoisotopic (exact) mass is 313 g/mol. The zero-order chi connectivity index (χ0) is 17.0. The van der Waals surface area contributed by atoms with Crippen LogP contribution < -0.4 is 0 Å². The Morgan fingerprint density at radius 1 is 0.773 bits per heavy atom. The largest absolute Gasteiger partial charge is 0.415 e. The predicted molar refractivity (Wildman–Crippen MR) is 87.7 cm³/mol. The number of unbranched alkanes of at least 4 members (excludes halogenated alkanes) is 2. The second kappa shape index (κ2) is 12.5. The summed E-state index contributed by atoms with van der Waals surface area (Å²) in [6, 6.07) is 0. The van der Waals surface area contributed by atoms with Crippen LogP contribution in [0, 0.1) is 18.1 Å². The molecular weight excluding hydrogens is 280 g/mol. The molecule has 0 aliphatic heterocycles. The topological polar surface area (TPSA) is 52.6 Å². The Morgan fingerprint density at radius 2 is 1.14 bits per heavy atom. The molecule has 1 radical (unpaired) electrons. The summed E-state index contributed by atoms with van der Waals surface area (Å²) < 4.78 is 10.4. The Labute approximate surface area is 135 Å². The van der Waals surface area contributed by atoms with Crippen LogP contribution >= 0.6 is 0 Å². The minimum Gasteiger partial charge on any atom is -0.415 e. The van der Waals surface area contributed by atoms with Crippen molar-refractivity contribution in [3.63, 3.8) is 0 Å². The van der Waals surface area contributed by atoms with Gasteiger partial charge in [0.1, 0.15) is 0 Å². The van der Waals surface area contributed by atoms with Crippen molar-refractivity contribution in [1.29, 1.82) is 0 Å². The van der Waals surface area contributed by atoms with Crippen molar-refractivity contribution in [2.75, 3.05) is 0 Å². The molecule has 0 saturated carbocycles. The molecule has 2 unspecified atom stereocenters. The lowest BCUT2D eigenvalue weighted by Crippen LogP contribution is -2.24. The summed E-state index contributed by atoms with van der Waals surface area (Å²) in [6.07, 6.45) is 7.29. The lowest BCUT2D eigenvalue weighted by Gasteiger charge is -2.19. The van der Waals surface area contributed by atoms with Crippen LogP contribution in [0.25, 0.3) is 0 Å². The van der Waals surface area contributed by atoms with Crippen LogP contribution in [0.3, 0.4) is 0 Å². The molecule has 0 amide bonds. The van der Waals surface area contributed by atoms with Gasteiger partial charge in [-0.25, -0.2) is 0 Å². The Hall–Kier alpha value is -1.06. The number of rotatable bonds is 12. The molecule has 0 spiro atoms. The Bertz CT molecular complexity index is 284. The molecule has 0 rings (SSSR count). The minimum atomic E-state index is -0.289. The van der Waals surface area contributed by atoms with E-state index in [1.54, 1.807) is 0 Å². The van der Waals surface area contributed by atoms with Crippen LogP contribution in [0.5, 0.6) is 0 Å². The molecule has 0 saturated heterocycles. The van der Waals surface area contributed by atoms with E-state index in [0.717, 1.165) is 51.4 Å². The highest BCUT2D eigenvalue weighted by Gasteiger charge is 2.25. The lowest BCUT2D eigenvalue weighted by atomic mass is 9.99. The maximum atomic E-state index is 12.0. The second-order valence-electron chi connectivity index (χ2n) is 5.83. The second-order valence-corrected chi connectivity index (χ2v) is 5.83. The van der Waals surface area contributed by atoms with E-state index < -0.39 is 0 Å². The summed E-state index contributed by atoms with van der Waals surface area (Å²) >= 11 is 0. The third-order valence-electron chi connectivity index (χ3n) is 3.95. The van der Waals surface area contributed by atoms with E-state index in [-0.39, 0.29) is 30.1 Å². The molecule has 2 atom stereocenters. The number of hydrogen-bond acceptors (Lipinski definition) is 4. The summed E-state index contributed by atoms with van der Waals surface area (Å²) in [5.41, 5.74) is 0. The Balaban J connectivity index is 4.31. The summed E-state index contributed by atoms with van der Waals surface area (Å²) in [5.74, 6) is -0.808. The molecule has 22 heavy (non-hydrogen) atoms. The van der Waals surface area contributed by atoms with E-state index in [4.69, 9.17) is 9.47 Å². The molecule has 0 bridgehead atoms. The molecule has 4 nitrogen and oxygen atoms in total. The quantitative estimate of drug-likeness (QED) is 0.475. The van der Waals surface area contributed by atoms with E-state index in [1.807, 2.05) is 13.8 Å². The Morgan fingerprint density at radius 3 is 1.41 bits per heavy atom. The molecule has 0 fully saturated rings. The number of hydrogen-bond donors (Lipinski definition) is 0. The van der Waals surface area contributed by atoms with E-state index in [2.05, 4.69) is 13.8 Å². The standard InChI is InChI=1S/C18H33O4/c1-6-10-12-15(8-3)17(19)21-14(5)22-18(20)16(9-4)13-11-7-2/h15-16H,6-13H2,1-5H3. The van der Waals surface area contributed by atoms with Crippen molar-refractivity contribution < 1.29 is 19.1 Å². The van der Waals surface area contributed by atoms with Crippen molar-refractivity contribution in [2.45, 2.75) is 86.0 Å². The summed E-state index contributed by atoms with van der Waals surface area (Å²) in [7, 11) is 0. The molecule has 0 N–H and O–H groups in total. The van der Waals surface area contributed by atoms with Gasteiger partial charge in [0.25, 0.3) is 0 Å². The van der Waals surface area contributed by atoms with Crippen LogP contribution in [0.1, 0.15) is 86.0 Å². The molecule has 0 aliphatic carbocycles. The third-order valence-corrected chi connectivity index (χ3v) is 3.95. The molecule has 0 heterocycles. The highest BCUT2D eigenvalue weighted by Crippen LogP contribution is 2.20. The van der Waals surface area contributed by atoms with Gasteiger partial charge in [-0.3, -0.25) is 9.59 Å². The molecule has 0 aromatic heterocycles. The van der Waals surface area contributed by atoms with Crippen molar-refractivity contribution in [3.8, 4) is 0 Å². The van der Waals surface area contributed by atoms with Gasteiger partial charge < -0.3 is 9.47 Å². The number of esters is 2. The van der Waals surface area contributed by atoms with Gasteiger partial charge in [0.15, 0.2) is 0 Å². The fourth-order valence-electron chi connectivity index (χ4n) is 2.35. The lowest BCUT2D eigenvalue weighted by molar-refractivity contribution is -0.169. The van der Waals surface area contributed by atoms with E-state index in [0.29, 0.717) is 0 Å². The van der Waals surface area contributed by atoms with Gasteiger partial charge in [0.2, 0.25) is 0 Å². The van der Waals surface area contributed by atoms with Gasteiger partial charge in [-0.2, -0.15) is 0 Å². The van der Waals surface area contributed by atoms with E-state index in [9.17, 15) is 9.59 Å². The molecular formula is C18H33O4. The fourth-order valence-corrected chi connectivity index (χ4v) is 2.35. The van der Waals surface area contributed by atoms with E-state index in [1.165, 1.54) is 6.92 Å². The first-order chi connectivity index (χ1) is 10.5. The molecule has 0 aromatic carbocycles. The first-order valence-electron chi connectivity index (χ1n) is 8.76. The number of ether oxygens (including phenoxy) is 2. The van der Waals surface area contributed by atoms with Crippen LogP contribution in [-0.2, 0) is 19.1 Å². The number of carbonyl (C=O) groups is 2. The van der Waals surface area contributed by atoms with Gasteiger partial charge in [-0.1, -0.05) is 53.4 Å². The third kappa shape index (κ3) is 8.40. The highest BCUT2D eigenvalue weighted by atomic mass is 16.7. The average Bonchev–Trinajstić information content (AvgIpc) is 2.48. The van der Waals surface area contributed by atoms with Gasteiger partial charge in [0, 0.05) is 6.92 Å². The van der Waals surface area contributed by atoms with Crippen LogP contribution in [0.2, 0.25) is 0 Å². The first kappa shape index (κ1) is 20.9. The van der Waals surface area contributed by atoms with Crippen molar-refractivity contribution in [3.05, 3.63) is 6.29 Å². The maximum Gasteiger partial charge on any atom is 0.331 e. The van der Waals surface area contributed by atoms with Crippen LogP contribution in [0.4, 0.5) is 0 Å². The van der Waals surface area contributed by atoms with Crippen molar-refractivity contribution >= 4 is 11.9 Å². The van der Waals surface area contributed by atoms with Crippen LogP contribution in [0.15, 0.2) is 0 Å². The fraction of sp³-hybridized carbons (Fsp3) is 0.833. The normalized spacial score (nSPS) is 13.7. The van der Waals surface area contributed by atoms with E-state index >= 15 is 0 Å². The first-order valence-corrected chi connectivity index (χ1v) is 8.76. The number of carbonyl (C=O) groups excluding carboxylic acids is 2. The van der Waals surface area contributed by atoms with Crippen molar-refractivity contribution in [1.82, 2.24) is 0 Å². The molecule has 129 valence electrons. The smallest absolute Gasteiger partial charge is 0.331 e. The van der Waals surface area contributed by atoms with Crippen molar-refractivity contribution in [2.24, 2.45) is 11.8 Å². The SMILES string of the molecule is CCCCC(CC)C(=O)O[C](C)OC(=O)C(CC)CCCC. The van der Waals surface area contributed by atoms with Crippen LogP contribution in [-0.4, -0.2) is 11.9 Å². The highest BCUT2D eigenvalue weighted by molar-refractivity contribution is 5.75.